The average Bonchev–Trinajstić information content (AvgIpc) is 2.36. The zero-order valence-corrected chi connectivity index (χ0v) is 10.4. The van der Waals surface area contributed by atoms with Crippen molar-refractivity contribution in [2.24, 2.45) is 0 Å². The van der Waals surface area contributed by atoms with E-state index < -0.39 is 0 Å². The molecule has 94 valence electrons. The molecule has 0 aromatic heterocycles. The number of hydrogen-bond donors (Lipinski definition) is 2. The molecule has 2 unspecified atom stereocenters. The minimum absolute atomic E-state index is 0.214. The van der Waals surface area contributed by atoms with Gasteiger partial charge in [-0.2, -0.15) is 0 Å². The van der Waals surface area contributed by atoms with Gasteiger partial charge in [0.1, 0.15) is 0 Å². The monoisotopic (exact) mass is 235 g/mol. The van der Waals surface area contributed by atoms with Gasteiger partial charge in [-0.1, -0.05) is 37.6 Å². The molecule has 0 aliphatic carbocycles. The molecule has 3 nitrogen and oxygen atoms in total. The summed E-state index contributed by atoms with van der Waals surface area (Å²) >= 11 is 0. The van der Waals surface area contributed by atoms with E-state index in [1.807, 2.05) is 6.07 Å². The molecule has 1 heterocycles. The summed E-state index contributed by atoms with van der Waals surface area (Å²) in [5, 5.41) is 13.1. The molecule has 0 amide bonds. The van der Waals surface area contributed by atoms with Crippen LogP contribution < -0.4 is 5.32 Å². The Kier molecular flexibility index (Phi) is 4.54. The minimum Gasteiger partial charge on any atom is -0.392 e. The first-order valence-corrected chi connectivity index (χ1v) is 6.38. The van der Waals surface area contributed by atoms with Gasteiger partial charge in [-0.15, -0.1) is 0 Å². The van der Waals surface area contributed by atoms with E-state index in [-0.39, 0.29) is 12.1 Å². The van der Waals surface area contributed by atoms with Crippen molar-refractivity contribution in [2.45, 2.75) is 38.5 Å². The highest BCUT2D eigenvalue weighted by Gasteiger charge is 2.20. The predicted molar refractivity (Wildman–Crippen MR) is 67.8 cm³/mol. The first-order valence-electron chi connectivity index (χ1n) is 6.38. The molecule has 0 radical (unpaired) electrons. The summed E-state index contributed by atoms with van der Waals surface area (Å²) in [5.74, 6) is 0. The summed E-state index contributed by atoms with van der Waals surface area (Å²) in [7, 11) is 0. The first-order chi connectivity index (χ1) is 8.31. The Hall–Kier alpha value is -0.900. The highest BCUT2D eigenvalue weighted by Crippen LogP contribution is 2.24. The minimum atomic E-state index is -0.255. The molecule has 0 bridgehead atoms. The van der Waals surface area contributed by atoms with Crippen molar-refractivity contribution in [3.63, 3.8) is 0 Å². The van der Waals surface area contributed by atoms with Gasteiger partial charge >= 0.3 is 0 Å². The van der Waals surface area contributed by atoms with E-state index in [0.29, 0.717) is 19.8 Å². The van der Waals surface area contributed by atoms with Crippen LogP contribution in [0.15, 0.2) is 24.3 Å². The fourth-order valence-electron chi connectivity index (χ4n) is 2.26. The number of aliphatic hydroxyl groups is 1. The molecule has 2 atom stereocenters. The van der Waals surface area contributed by atoms with Crippen LogP contribution in [-0.2, 0) is 11.3 Å². The third-order valence-corrected chi connectivity index (χ3v) is 3.19. The van der Waals surface area contributed by atoms with E-state index in [1.165, 1.54) is 11.1 Å². The maximum absolute atomic E-state index is 9.72. The lowest BCUT2D eigenvalue weighted by atomic mass is 9.99. The highest BCUT2D eigenvalue weighted by molar-refractivity contribution is 5.31. The van der Waals surface area contributed by atoms with Crippen molar-refractivity contribution in [1.29, 1.82) is 0 Å². The van der Waals surface area contributed by atoms with E-state index in [1.54, 1.807) is 0 Å². The van der Waals surface area contributed by atoms with Gasteiger partial charge in [0.15, 0.2) is 0 Å². The molecule has 1 aromatic rings. The van der Waals surface area contributed by atoms with E-state index in [9.17, 15) is 5.11 Å². The molecule has 1 aliphatic heterocycles. The van der Waals surface area contributed by atoms with Crippen LogP contribution in [0.1, 0.15) is 36.9 Å². The lowest BCUT2D eigenvalue weighted by molar-refractivity contribution is 0.0746. The van der Waals surface area contributed by atoms with E-state index in [0.717, 1.165) is 12.8 Å². The largest absolute Gasteiger partial charge is 0.392 e. The molecule has 2 N–H and O–H groups in total. The van der Waals surface area contributed by atoms with Gasteiger partial charge in [0.05, 0.1) is 25.4 Å². The summed E-state index contributed by atoms with van der Waals surface area (Å²) in [6.45, 7) is 4.11. The Morgan fingerprint density at radius 3 is 3.12 bits per heavy atom. The number of aliphatic hydroxyl groups excluding tert-OH is 1. The Labute approximate surface area is 103 Å². The second-order valence-corrected chi connectivity index (χ2v) is 4.62. The van der Waals surface area contributed by atoms with Crippen LogP contribution in [0.3, 0.4) is 0 Å². The highest BCUT2D eigenvalue weighted by atomic mass is 16.5. The molecule has 2 rings (SSSR count). The number of rotatable bonds is 5. The average molecular weight is 235 g/mol. The van der Waals surface area contributed by atoms with Crippen molar-refractivity contribution in [1.82, 2.24) is 5.32 Å². The summed E-state index contributed by atoms with van der Waals surface area (Å²) in [5.41, 5.74) is 2.56. The van der Waals surface area contributed by atoms with Gasteiger partial charge in [-0.05, 0) is 17.5 Å². The summed E-state index contributed by atoms with van der Waals surface area (Å²) in [6, 6.07) is 8.55. The van der Waals surface area contributed by atoms with Gasteiger partial charge < -0.3 is 15.2 Å². The molecule has 1 aromatic carbocycles. The molecule has 0 saturated heterocycles. The number of benzene rings is 1. The van der Waals surface area contributed by atoms with Crippen molar-refractivity contribution in [2.75, 3.05) is 13.2 Å². The number of ether oxygens (including phenoxy) is 1. The predicted octanol–water partition coefficient (Wildman–Crippen LogP) is 2.01. The topological polar surface area (TPSA) is 41.5 Å². The fraction of sp³-hybridized carbons (Fsp3) is 0.571. The summed E-state index contributed by atoms with van der Waals surface area (Å²) < 4.78 is 5.56. The lowest BCUT2D eigenvalue weighted by Crippen LogP contribution is -2.35. The fourth-order valence-corrected chi connectivity index (χ4v) is 2.26. The maximum atomic E-state index is 9.72. The Bertz CT molecular complexity index is 354. The van der Waals surface area contributed by atoms with Gasteiger partial charge in [0.25, 0.3) is 0 Å². The van der Waals surface area contributed by atoms with Crippen molar-refractivity contribution in [3.05, 3.63) is 35.4 Å². The van der Waals surface area contributed by atoms with Crippen LogP contribution in [0.25, 0.3) is 0 Å². The zero-order chi connectivity index (χ0) is 12.1. The van der Waals surface area contributed by atoms with Gasteiger partial charge in [-0.25, -0.2) is 0 Å². The lowest BCUT2D eigenvalue weighted by Gasteiger charge is -2.27. The molecule has 3 heteroatoms. The maximum Gasteiger partial charge on any atom is 0.0721 e. The van der Waals surface area contributed by atoms with Gasteiger partial charge in [-0.3, -0.25) is 0 Å². The summed E-state index contributed by atoms with van der Waals surface area (Å²) in [6.07, 6.45) is 1.61. The molecular weight excluding hydrogens is 214 g/mol. The molecule has 0 fully saturated rings. The zero-order valence-electron chi connectivity index (χ0n) is 10.4. The quantitative estimate of drug-likeness (QED) is 0.820. The van der Waals surface area contributed by atoms with E-state index in [4.69, 9.17) is 4.74 Å². The van der Waals surface area contributed by atoms with Crippen LogP contribution in [0.4, 0.5) is 0 Å². The number of fused-ring (bicyclic) bond motifs is 1. The van der Waals surface area contributed by atoms with Crippen LogP contribution in [0.2, 0.25) is 0 Å². The second-order valence-electron chi connectivity index (χ2n) is 4.62. The van der Waals surface area contributed by atoms with E-state index in [2.05, 4.69) is 30.4 Å². The second kappa shape index (κ2) is 6.15. The first kappa shape index (κ1) is 12.6. The molecule has 1 aliphatic rings. The summed E-state index contributed by atoms with van der Waals surface area (Å²) in [4.78, 5) is 0. The molecule has 0 saturated carbocycles. The van der Waals surface area contributed by atoms with Gasteiger partial charge in [0.2, 0.25) is 0 Å². The molecular formula is C14H21NO2. The van der Waals surface area contributed by atoms with Crippen LogP contribution >= 0.6 is 0 Å². The molecule has 17 heavy (non-hydrogen) atoms. The third-order valence-electron chi connectivity index (χ3n) is 3.19. The number of hydrogen-bond acceptors (Lipinski definition) is 3. The van der Waals surface area contributed by atoms with E-state index >= 15 is 0 Å². The van der Waals surface area contributed by atoms with Crippen molar-refractivity contribution >= 4 is 0 Å². The van der Waals surface area contributed by atoms with Crippen LogP contribution in [0, 0.1) is 0 Å². The Balaban J connectivity index is 1.94. The normalized spacial score (nSPS) is 20.9. The smallest absolute Gasteiger partial charge is 0.0721 e. The molecule has 0 spiro atoms. The van der Waals surface area contributed by atoms with Crippen molar-refractivity contribution in [3.8, 4) is 0 Å². The van der Waals surface area contributed by atoms with Gasteiger partial charge in [0, 0.05) is 6.54 Å². The van der Waals surface area contributed by atoms with Crippen LogP contribution in [0.5, 0.6) is 0 Å². The Morgan fingerprint density at radius 2 is 2.29 bits per heavy atom. The third kappa shape index (κ3) is 3.28. The van der Waals surface area contributed by atoms with Crippen LogP contribution in [-0.4, -0.2) is 24.4 Å². The SMILES string of the molecule is CCCC(O)CNC1COCc2ccccc21. The Morgan fingerprint density at radius 1 is 1.47 bits per heavy atom. The standard InChI is InChI=1S/C14H21NO2/c1-2-5-12(16)8-15-14-10-17-9-11-6-3-4-7-13(11)14/h3-4,6-7,12,14-16H,2,5,8-10H2,1H3. The van der Waals surface area contributed by atoms with Crippen molar-refractivity contribution < 1.29 is 9.84 Å². The number of nitrogens with one attached hydrogen (secondary N) is 1.